The molecule has 0 bridgehead atoms. The summed E-state index contributed by atoms with van der Waals surface area (Å²) in [6, 6.07) is 4.14. The summed E-state index contributed by atoms with van der Waals surface area (Å²) in [6.45, 7) is 4.84. The first-order valence-corrected chi connectivity index (χ1v) is 8.22. The lowest BCUT2D eigenvalue weighted by Crippen LogP contribution is -2.49. The highest BCUT2D eigenvalue weighted by atomic mass is 19.1. The molecule has 0 spiro atoms. The molecule has 1 fully saturated rings. The molecule has 0 radical (unpaired) electrons. The van der Waals surface area contributed by atoms with Crippen molar-refractivity contribution in [2.24, 2.45) is 7.05 Å². The summed E-state index contributed by atoms with van der Waals surface area (Å²) >= 11 is 0. The topological polar surface area (TPSA) is 72.3 Å². The van der Waals surface area contributed by atoms with E-state index in [1.165, 1.54) is 12.4 Å². The van der Waals surface area contributed by atoms with Crippen molar-refractivity contribution in [2.45, 2.75) is 25.9 Å². The molecule has 1 aliphatic rings. The highest BCUT2D eigenvalue weighted by molar-refractivity contribution is 5.75. The molecule has 0 unspecified atom stereocenters. The first kappa shape index (κ1) is 17.3. The van der Waals surface area contributed by atoms with Crippen molar-refractivity contribution in [3.05, 3.63) is 47.3 Å². The van der Waals surface area contributed by atoms with Gasteiger partial charge in [0.15, 0.2) is 5.82 Å². The Morgan fingerprint density at radius 3 is 2.96 bits per heavy atom. The Bertz CT molecular complexity index is 763. The van der Waals surface area contributed by atoms with Crippen molar-refractivity contribution in [1.29, 1.82) is 0 Å². The van der Waals surface area contributed by atoms with Crippen LogP contribution in [0.3, 0.4) is 0 Å². The largest absolute Gasteiger partial charge is 0.377 e. The van der Waals surface area contributed by atoms with Crippen LogP contribution in [0.2, 0.25) is 0 Å². The van der Waals surface area contributed by atoms with Gasteiger partial charge in [0.05, 0.1) is 19.3 Å². The number of aromatic nitrogens is 3. The Hall–Kier alpha value is -2.48. The van der Waals surface area contributed by atoms with Gasteiger partial charge in [0.25, 0.3) is 0 Å². The van der Waals surface area contributed by atoms with E-state index in [2.05, 4.69) is 15.4 Å². The van der Waals surface area contributed by atoms with Gasteiger partial charge in [-0.05, 0) is 31.0 Å². The minimum atomic E-state index is -0.314. The van der Waals surface area contributed by atoms with Crippen molar-refractivity contribution in [2.75, 3.05) is 19.8 Å². The quantitative estimate of drug-likeness (QED) is 0.923. The van der Waals surface area contributed by atoms with E-state index in [1.54, 1.807) is 29.6 Å². The summed E-state index contributed by atoms with van der Waals surface area (Å²) in [5.41, 5.74) is 1.30. The van der Waals surface area contributed by atoms with E-state index in [4.69, 9.17) is 4.74 Å². The monoisotopic (exact) mass is 347 g/mol. The van der Waals surface area contributed by atoms with Gasteiger partial charge in [0.1, 0.15) is 18.2 Å². The van der Waals surface area contributed by atoms with Crippen LogP contribution < -0.4 is 5.32 Å². The molecule has 134 valence electrons. The van der Waals surface area contributed by atoms with Crippen LogP contribution in [0.25, 0.3) is 0 Å². The smallest absolute Gasteiger partial charge is 0.318 e. The average molecular weight is 347 g/mol. The number of nitrogens with zero attached hydrogens (tertiary/aromatic N) is 4. The fourth-order valence-corrected chi connectivity index (χ4v) is 2.90. The van der Waals surface area contributed by atoms with Gasteiger partial charge in [-0.15, -0.1) is 0 Å². The minimum Gasteiger partial charge on any atom is -0.377 e. The van der Waals surface area contributed by atoms with E-state index in [0.717, 1.165) is 5.56 Å². The molecule has 1 aromatic heterocycles. The first-order valence-electron chi connectivity index (χ1n) is 8.22. The molecule has 3 rings (SSSR count). The molecule has 1 saturated heterocycles. The normalized spacial score (nSPS) is 18.9. The van der Waals surface area contributed by atoms with Crippen LogP contribution in [0, 0.1) is 12.7 Å². The van der Waals surface area contributed by atoms with E-state index in [1.807, 2.05) is 13.0 Å². The number of halogens is 1. The van der Waals surface area contributed by atoms with E-state index in [9.17, 15) is 9.18 Å². The minimum absolute atomic E-state index is 0.232. The Balaban J connectivity index is 1.74. The van der Waals surface area contributed by atoms with Crippen molar-refractivity contribution in [3.63, 3.8) is 0 Å². The number of hydrogen-bond donors (Lipinski definition) is 1. The van der Waals surface area contributed by atoms with Gasteiger partial charge in [0.2, 0.25) is 0 Å². The second-order valence-electron chi connectivity index (χ2n) is 6.21. The third kappa shape index (κ3) is 3.63. The number of carbonyl (C=O) groups is 1. The Morgan fingerprint density at radius 2 is 2.28 bits per heavy atom. The van der Waals surface area contributed by atoms with Crippen molar-refractivity contribution in [3.8, 4) is 0 Å². The standard InChI is InChI=1S/C17H22FN5O2/c1-11-4-5-13(8-14(11)18)12(2)21-17(24)23-6-7-25-9-15(23)16-19-10-20-22(16)3/h4-5,8,10,12,15H,6-7,9H2,1-3H3,(H,21,24)/t12-,15+/m0/s1. The lowest BCUT2D eigenvalue weighted by atomic mass is 10.1. The summed E-state index contributed by atoms with van der Waals surface area (Å²) in [5.74, 6) is 0.394. The zero-order valence-corrected chi connectivity index (χ0v) is 14.6. The summed E-state index contributed by atoms with van der Waals surface area (Å²) in [6.07, 6.45) is 1.46. The van der Waals surface area contributed by atoms with Gasteiger partial charge in [-0.25, -0.2) is 14.2 Å². The van der Waals surface area contributed by atoms with Crippen LogP contribution in [-0.4, -0.2) is 45.5 Å². The van der Waals surface area contributed by atoms with Crippen molar-refractivity contribution in [1.82, 2.24) is 25.0 Å². The Morgan fingerprint density at radius 1 is 1.48 bits per heavy atom. The van der Waals surface area contributed by atoms with Crippen LogP contribution >= 0.6 is 0 Å². The third-order valence-electron chi connectivity index (χ3n) is 4.47. The van der Waals surface area contributed by atoms with E-state index in [0.29, 0.717) is 31.1 Å². The number of aryl methyl sites for hydroxylation is 2. The SMILES string of the molecule is Cc1ccc([C@H](C)NC(=O)N2CCOC[C@@H]2c2ncnn2C)cc1F. The lowest BCUT2D eigenvalue weighted by molar-refractivity contribution is 0.00692. The van der Waals surface area contributed by atoms with Gasteiger partial charge in [0, 0.05) is 13.6 Å². The number of benzene rings is 1. The van der Waals surface area contributed by atoms with E-state index >= 15 is 0 Å². The molecule has 0 saturated carbocycles. The molecule has 1 aromatic carbocycles. The number of carbonyl (C=O) groups excluding carboxylic acids is 1. The number of ether oxygens (including phenoxy) is 1. The van der Waals surface area contributed by atoms with Gasteiger partial charge >= 0.3 is 6.03 Å². The highest BCUT2D eigenvalue weighted by Gasteiger charge is 2.32. The molecule has 2 amide bonds. The zero-order valence-electron chi connectivity index (χ0n) is 14.6. The number of nitrogens with one attached hydrogen (secondary N) is 1. The number of amides is 2. The van der Waals surface area contributed by atoms with Crippen LogP contribution in [0.4, 0.5) is 9.18 Å². The van der Waals surface area contributed by atoms with Crippen LogP contribution in [0.15, 0.2) is 24.5 Å². The molecule has 2 heterocycles. The predicted molar refractivity (Wildman–Crippen MR) is 89.4 cm³/mol. The van der Waals surface area contributed by atoms with Crippen LogP contribution in [0.5, 0.6) is 0 Å². The third-order valence-corrected chi connectivity index (χ3v) is 4.47. The van der Waals surface area contributed by atoms with Gasteiger partial charge in [-0.1, -0.05) is 12.1 Å². The molecule has 7 nitrogen and oxygen atoms in total. The summed E-state index contributed by atoms with van der Waals surface area (Å²) in [4.78, 5) is 18.7. The van der Waals surface area contributed by atoms with E-state index < -0.39 is 0 Å². The second-order valence-corrected chi connectivity index (χ2v) is 6.21. The maximum Gasteiger partial charge on any atom is 0.318 e. The number of morpholine rings is 1. The molecule has 2 aromatic rings. The zero-order chi connectivity index (χ0) is 18.0. The fourth-order valence-electron chi connectivity index (χ4n) is 2.90. The second kappa shape index (κ2) is 7.18. The Kier molecular flexibility index (Phi) is 4.98. The molecule has 1 N–H and O–H groups in total. The maximum absolute atomic E-state index is 13.8. The average Bonchev–Trinajstić information content (AvgIpc) is 3.03. The first-order chi connectivity index (χ1) is 12.0. The van der Waals surface area contributed by atoms with Gasteiger partial charge in [-0.3, -0.25) is 4.68 Å². The fraction of sp³-hybridized carbons (Fsp3) is 0.471. The molecular weight excluding hydrogens is 325 g/mol. The number of urea groups is 1. The Labute approximate surface area is 145 Å². The van der Waals surface area contributed by atoms with Crippen LogP contribution in [-0.2, 0) is 11.8 Å². The van der Waals surface area contributed by atoms with Crippen LogP contribution in [0.1, 0.15) is 36.0 Å². The van der Waals surface area contributed by atoms with Gasteiger partial charge in [-0.2, -0.15) is 5.10 Å². The summed E-state index contributed by atoms with van der Waals surface area (Å²) < 4.78 is 20.9. The van der Waals surface area contributed by atoms with E-state index in [-0.39, 0.29) is 23.9 Å². The molecule has 2 atom stereocenters. The lowest BCUT2D eigenvalue weighted by Gasteiger charge is -2.35. The highest BCUT2D eigenvalue weighted by Crippen LogP contribution is 2.23. The summed E-state index contributed by atoms with van der Waals surface area (Å²) in [5, 5.41) is 6.99. The number of rotatable bonds is 3. The van der Waals surface area contributed by atoms with Crippen molar-refractivity contribution >= 4 is 6.03 Å². The van der Waals surface area contributed by atoms with Crippen molar-refractivity contribution < 1.29 is 13.9 Å². The molecule has 25 heavy (non-hydrogen) atoms. The molecular formula is C17H22FN5O2. The molecule has 0 aliphatic carbocycles. The molecule has 8 heteroatoms. The molecule has 1 aliphatic heterocycles. The maximum atomic E-state index is 13.8. The predicted octanol–water partition coefficient (Wildman–Crippen LogP) is 2.11. The summed E-state index contributed by atoms with van der Waals surface area (Å²) in [7, 11) is 1.78. The number of hydrogen-bond acceptors (Lipinski definition) is 4. The van der Waals surface area contributed by atoms with Gasteiger partial charge < -0.3 is 15.0 Å².